The highest BCUT2D eigenvalue weighted by molar-refractivity contribution is 9.10. The molecule has 0 radical (unpaired) electrons. The van der Waals surface area contributed by atoms with Gasteiger partial charge in [0.05, 0.1) is 10.2 Å². The molecule has 0 saturated carbocycles. The largest absolute Gasteiger partial charge is 0.369 e. The van der Waals surface area contributed by atoms with Gasteiger partial charge in [-0.15, -0.1) is 11.3 Å². The molecule has 4 nitrogen and oxygen atoms in total. The number of aryl methyl sites for hydroxylation is 1. The highest BCUT2D eigenvalue weighted by Crippen LogP contribution is 2.28. The van der Waals surface area contributed by atoms with Gasteiger partial charge < -0.3 is 5.32 Å². The number of hydrogen-bond acceptors (Lipinski definition) is 5. The van der Waals surface area contributed by atoms with Gasteiger partial charge in [-0.3, -0.25) is 0 Å². The standard InChI is InChI=1S/C11H13BrN4S/c1-3-7-8(12)9(13-4-2)16-10(15-7)11-14-5-6-17-11/h5-6H,3-4H2,1-2H3,(H,13,15,16). The van der Waals surface area contributed by atoms with Crippen LogP contribution in [0.15, 0.2) is 16.0 Å². The van der Waals surface area contributed by atoms with Gasteiger partial charge in [-0.25, -0.2) is 15.0 Å². The summed E-state index contributed by atoms with van der Waals surface area (Å²) >= 11 is 5.08. The van der Waals surface area contributed by atoms with Crippen molar-refractivity contribution in [2.75, 3.05) is 11.9 Å². The van der Waals surface area contributed by atoms with Gasteiger partial charge >= 0.3 is 0 Å². The Morgan fingerprint density at radius 1 is 1.35 bits per heavy atom. The monoisotopic (exact) mass is 312 g/mol. The third kappa shape index (κ3) is 2.63. The van der Waals surface area contributed by atoms with Crippen molar-refractivity contribution in [3.63, 3.8) is 0 Å². The van der Waals surface area contributed by atoms with E-state index >= 15 is 0 Å². The molecule has 0 amide bonds. The van der Waals surface area contributed by atoms with Crippen molar-refractivity contribution in [2.45, 2.75) is 20.3 Å². The first kappa shape index (κ1) is 12.4. The molecular formula is C11H13BrN4S. The quantitative estimate of drug-likeness (QED) is 0.940. The van der Waals surface area contributed by atoms with Crippen LogP contribution >= 0.6 is 27.3 Å². The van der Waals surface area contributed by atoms with E-state index in [1.165, 1.54) is 0 Å². The zero-order valence-corrected chi connectivity index (χ0v) is 12.1. The Morgan fingerprint density at radius 2 is 2.18 bits per heavy atom. The normalized spacial score (nSPS) is 10.5. The Morgan fingerprint density at radius 3 is 2.76 bits per heavy atom. The van der Waals surface area contributed by atoms with Crippen LogP contribution in [0.4, 0.5) is 5.82 Å². The number of thiazole rings is 1. The molecule has 0 saturated heterocycles. The maximum absolute atomic E-state index is 4.53. The van der Waals surface area contributed by atoms with Crippen molar-refractivity contribution in [2.24, 2.45) is 0 Å². The SMILES string of the molecule is CCNc1nc(-c2nccs2)nc(CC)c1Br. The maximum Gasteiger partial charge on any atom is 0.190 e. The first-order valence-corrected chi connectivity index (χ1v) is 7.13. The molecule has 0 aliphatic carbocycles. The minimum atomic E-state index is 0.691. The lowest BCUT2D eigenvalue weighted by Gasteiger charge is -2.09. The third-order valence-corrected chi connectivity index (χ3v) is 3.82. The predicted octanol–water partition coefficient (Wildman–Crippen LogP) is 3.36. The van der Waals surface area contributed by atoms with E-state index in [0.717, 1.165) is 34.0 Å². The number of nitrogens with one attached hydrogen (secondary N) is 1. The van der Waals surface area contributed by atoms with Crippen LogP contribution in [0.25, 0.3) is 10.8 Å². The van der Waals surface area contributed by atoms with Gasteiger partial charge in [-0.1, -0.05) is 6.92 Å². The van der Waals surface area contributed by atoms with Gasteiger partial charge in [-0.2, -0.15) is 0 Å². The van der Waals surface area contributed by atoms with Crippen LogP contribution in [0, 0.1) is 0 Å². The van der Waals surface area contributed by atoms with Crippen molar-refractivity contribution >= 4 is 33.1 Å². The van der Waals surface area contributed by atoms with Gasteiger partial charge in [0.1, 0.15) is 5.82 Å². The molecule has 2 heterocycles. The Balaban J connectivity index is 2.50. The van der Waals surface area contributed by atoms with E-state index in [0.29, 0.717) is 5.82 Å². The zero-order valence-electron chi connectivity index (χ0n) is 9.70. The van der Waals surface area contributed by atoms with E-state index in [-0.39, 0.29) is 0 Å². The topological polar surface area (TPSA) is 50.7 Å². The van der Waals surface area contributed by atoms with E-state index in [9.17, 15) is 0 Å². The molecule has 1 N–H and O–H groups in total. The molecule has 0 unspecified atom stereocenters. The Hall–Kier alpha value is -1.01. The van der Waals surface area contributed by atoms with E-state index in [2.05, 4.69) is 43.1 Å². The predicted molar refractivity (Wildman–Crippen MR) is 74.4 cm³/mol. The van der Waals surface area contributed by atoms with Crippen LogP contribution in [0.1, 0.15) is 19.5 Å². The van der Waals surface area contributed by atoms with Crippen molar-refractivity contribution < 1.29 is 0 Å². The number of rotatable bonds is 4. The van der Waals surface area contributed by atoms with Crippen LogP contribution in [0.5, 0.6) is 0 Å². The summed E-state index contributed by atoms with van der Waals surface area (Å²) in [6.45, 7) is 4.95. The van der Waals surface area contributed by atoms with Gasteiger partial charge in [-0.05, 0) is 29.3 Å². The molecule has 6 heteroatoms. The van der Waals surface area contributed by atoms with Crippen molar-refractivity contribution in [3.05, 3.63) is 21.7 Å². The van der Waals surface area contributed by atoms with Crippen molar-refractivity contribution in [3.8, 4) is 10.8 Å². The average Bonchev–Trinajstić information content (AvgIpc) is 2.85. The van der Waals surface area contributed by atoms with Gasteiger partial charge in [0.15, 0.2) is 10.8 Å². The summed E-state index contributed by atoms with van der Waals surface area (Å²) in [7, 11) is 0. The summed E-state index contributed by atoms with van der Waals surface area (Å²) in [5.74, 6) is 1.53. The van der Waals surface area contributed by atoms with E-state index in [1.807, 2.05) is 12.3 Å². The van der Waals surface area contributed by atoms with Crippen LogP contribution in [-0.2, 0) is 6.42 Å². The molecule has 0 fully saturated rings. The minimum absolute atomic E-state index is 0.691. The van der Waals surface area contributed by atoms with Crippen LogP contribution < -0.4 is 5.32 Å². The highest BCUT2D eigenvalue weighted by atomic mass is 79.9. The van der Waals surface area contributed by atoms with Gasteiger partial charge in [0, 0.05) is 18.1 Å². The second kappa shape index (κ2) is 5.55. The first-order valence-electron chi connectivity index (χ1n) is 5.46. The third-order valence-electron chi connectivity index (χ3n) is 2.22. The molecule has 0 aromatic carbocycles. The summed E-state index contributed by atoms with van der Waals surface area (Å²) in [6.07, 6.45) is 2.63. The fourth-order valence-corrected chi connectivity index (χ4v) is 2.61. The molecule has 90 valence electrons. The molecule has 0 spiro atoms. The lowest BCUT2D eigenvalue weighted by molar-refractivity contribution is 0.982. The Bertz CT molecular complexity index is 498. The highest BCUT2D eigenvalue weighted by Gasteiger charge is 2.13. The van der Waals surface area contributed by atoms with Crippen LogP contribution in [-0.4, -0.2) is 21.5 Å². The Labute approximate surface area is 113 Å². The second-order valence-corrected chi connectivity index (χ2v) is 5.07. The van der Waals surface area contributed by atoms with Crippen molar-refractivity contribution in [1.82, 2.24) is 15.0 Å². The van der Waals surface area contributed by atoms with Crippen LogP contribution in [0.3, 0.4) is 0 Å². The smallest absolute Gasteiger partial charge is 0.190 e. The fourth-order valence-electron chi connectivity index (χ4n) is 1.44. The summed E-state index contributed by atoms with van der Waals surface area (Å²) in [4.78, 5) is 13.3. The second-order valence-electron chi connectivity index (χ2n) is 3.38. The lowest BCUT2D eigenvalue weighted by Crippen LogP contribution is -2.05. The zero-order chi connectivity index (χ0) is 12.3. The maximum atomic E-state index is 4.53. The average molecular weight is 313 g/mol. The van der Waals surface area contributed by atoms with E-state index in [4.69, 9.17) is 0 Å². The van der Waals surface area contributed by atoms with E-state index < -0.39 is 0 Å². The number of anilines is 1. The molecular weight excluding hydrogens is 300 g/mol. The Kier molecular flexibility index (Phi) is 4.06. The lowest BCUT2D eigenvalue weighted by atomic mass is 10.3. The molecule has 2 rings (SSSR count). The molecule has 0 aliphatic heterocycles. The van der Waals surface area contributed by atoms with Gasteiger partial charge in [0.25, 0.3) is 0 Å². The number of nitrogens with zero attached hydrogens (tertiary/aromatic N) is 3. The van der Waals surface area contributed by atoms with Crippen molar-refractivity contribution in [1.29, 1.82) is 0 Å². The summed E-state index contributed by atoms with van der Waals surface area (Å²) in [6, 6.07) is 0. The van der Waals surface area contributed by atoms with Crippen LogP contribution in [0.2, 0.25) is 0 Å². The molecule has 2 aromatic heterocycles. The molecule has 2 aromatic rings. The summed E-state index contributed by atoms with van der Waals surface area (Å²) < 4.78 is 0.946. The van der Waals surface area contributed by atoms with E-state index in [1.54, 1.807) is 17.5 Å². The molecule has 0 bridgehead atoms. The number of halogens is 1. The number of hydrogen-bond donors (Lipinski definition) is 1. The molecule has 0 aliphatic rings. The molecule has 17 heavy (non-hydrogen) atoms. The first-order chi connectivity index (χ1) is 8.26. The summed E-state index contributed by atoms with van der Waals surface area (Å²) in [5, 5.41) is 6.01. The number of aromatic nitrogens is 3. The fraction of sp³-hybridized carbons (Fsp3) is 0.364. The molecule has 0 atom stereocenters. The summed E-state index contributed by atoms with van der Waals surface area (Å²) in [5.41, 5.74) is 1.00. The van der Waals surface area contributed by atoms with Gasteiger partial charge in [0.2, 0.25) is 0 Å². The minimum Gasteiger partial charge on any atom is -0.369 e.